The molecule has 8 heteroatoms. The molecule has 0 aliphatic carbocycles. The number of hydrogen-bond acceptors (Lipinski definition) is 5. The summed E-state index contributed by atoms with van der Waals surface area (Å²) in [5.41, 5.74) is 7.66. The van der Waals surface area contributed by atoms with Crippen LogP contribution in [0.15, 0.2) is 48.6 Å². The molecule has 7 nitrogen and oxygen atoms in total. The minimum absolute atomic E-state index is 0.260. The quantitative estimate of drug-likeness (QED) is 0.606. The van der Waals surface area contributed by atoms with Crippen molar-refractivity contribution in [1.82, 2.24) is 15.0 Å². The summed E-state index contributed by atoms with van der Waals surface area (Å²) >= 11 is 1.37. The number of pyridine rings is 1. The number of nitrogens with two attached hydrogens (primary N) is 1. The van der Waals surface area contributed by atoms with Crippen LogP contribution in [-0.2, 0) is 11.3 Å². The van der Waals surface area contributed by atoms with Crippen LogP contribution in [0.2, 0.25) is 0 Å². The number of anilines is 1. The molecule has 0 aromatic carbocycles. The number of aromatic nitrogens is 4. The highest BCUT2D eigenvalue weighted by Crippen LogP contribution is 2.24. The van der Waals surface area contributed by atoms with E-state index in [9.17, 15) is 4.79 Å². The van der Waals surface area contributed by atoms with Crippen molar-refractivity contribution in [3.63, 3.8) is 0 Å². The van der Waals surface area contributed by atoms with Gasteiger partial charge in [-0.3, -0.25) is 14.8 Å². The number of aromatic amines is 1. The Morgan fingerprint density at radius 2 is 2.27 bits per heavy atom. The molecule has 1 atom stereocenters. The molecule has 0 bridgehead atoms. The summed E-state index contributed by atoms with van der Waals surface area (Å²) < 4.78 is 1.81. The summed E-state index contributed by atoms with van der Waals surface area (Å²) in [6.07, 6.45) is 8.75. The van der Waals surface area contributed by atoms with Gasteiger partial charge in [-0.25, -0.2) is 9.55 Å². The molecule has 0 aliphatic heterocycles. The molecule has 3 rings (SSSR count). The predicted molar refractivity (Wildman–Crippen MR) is 82.9 cm³/mol. The van der Waals surface area contributed by atoms with Gasteiger partial charge in [-0.1, -0.05) is 0 Å². The summed E-state index contributed by atoms with van der Waals surface area (Å²) in [4.78, 5) is 23.3. The third-order valence-electron chi connectivity index (χ3n) is 3.06. The van der Waals surface area contributed by atoms with Crippen molar-refractivity contribution in [2.24, 2.45) is 5.73 Å². The molecule has 1 amide bonds. The Bertz CT molecular complexity index is 740. The van der Waals surface area contributed by atoms with Gasteiger partial charge in [0.15, 0.2) is 5.13 Å². The molecule has 0 saturated heterocycles. The number of carbonyl (C=O) groups is 1. The number of amides is 1. The number of carbonyl (C=O) groups excluding carboxylic acids is 1. The van der Waals surface area contributed by atoms with E-state index in [0.29, 0.717) is 11.7 Å². The first-order chi connectivity index (χ1) is 10.7. The van der Waals surface area contributed by atoms with Crippen molar-refractivity contribution in [3.05, 3.63) is 48.6 Å². The smallest absolute Gasteiger partial charge is 0.247 e. The van der Waals surface area contributed by atoms with Gasteiger partial charge in [-0.05, 0) is 12.1 Å². The van der Waals surface area contributed by atoms with Crippen LogP contribution in [0.25, 0.3) is 11.3 Å². The van der Waals surface area contributed by atoms with Gasteiger partial charge in [-0.2, -0.15) is 0 Å². The number of hydrogen-bond donors (Lipinski definition) is 3. The highest BCUT2D eigenvalue weighted by atomic mass is 32.1. The second kappa shape index (κ2) is 6.46. The molecular weight excluding hydrogens is 300 g/mol. The monoisotopic (exact) mass is 315 g/mol. The van der Waals surface area contributed by atoms with Crippen LogP contribution in [0, 0.1) is 0 Å². The van der Waals surface area contributed by atoms with Gasteiger partial charge in [0.25, 0.3) is 0 Å². The zero-order valence-electron chi connectivity index (χ0n) is 11.6. The van der Waals surface area contributed by atoms with Crippen molar-refractivity contribution in [3.8, 4) is 11.3 Å². The highest BCUT2D eigenvalue weighted by molar-refractivity contribution is 7.14. The molecule has 112 valence electrons. The van der Waals surface area contributed by atoms with E-state index in [4.69, 9.17) is 5.73 Å². The number of nitrogens with one attached hydrogen (secondary N) is 2. The van der Waals surface area contributed by atoms with Crippen molar-refractivity contribution >= 4 is 22.4 Å². The first-order valence-corrected chi connectivity index (χ1v) is 7.54. The van der Waals surface area contributed by atoms with Gasteiger partial charge >= 0.3 is 0 Å². The Kier molecular flexibility index (Phi) is 4.22. The normalized spacial score (nSPS) is 12.0. The minimum Gasteiger partial charge on any atom is -0.317 e. The summed E-state index contributed by atoms with van der Waals surface area (Å²) in [5, 5.41) is 5.17. The van der Waals surface area contributed by atoms with Crippen LogP contribution in [0.5, 0.6) is 0 Å². The molecular formula is C14H15N6OS+. The average Bonchev–Trinajstić information content (AvgIpc) is 3.20. The largest absolute Gasteiger partial charge is 0.317 e. The number of imidazole rings is 1. The van der Waals surface area contributed by atoms with Crippen LogP contribution in [0.3, 0.4) is 0 Å². The maximum Gasteiger partial charge on any atom is 0.247 e. The molecule has 0 saturated carbocycles. The molecule has 3 heterocycles. The lowest BCUT2D eigenvalue weighted by atomic mass is 10.2. The lowest BCUT2D eigenvalue weighted by molar-refractivity contribution is -0.695. The van der Waals surface area contributed by atoms with E-state index >= 15 is 0 Å². The Hall–Kier alpha value is -2.58. The Labute approximate surface area is 130 Å². The second-order valence-corrected chi connectivity index (χ2v) is 5.54. The van der Waals surface area contributed by atoms with E-state index < -0.39 is 6.04 Å². The maximum atomic E-state index is 12.1. The van der Waals surface area contributed by atoms with Crippen molar-refractivity contribution in [1.29, 1.82) is 0 Å². The molecule has 0 spiro atoms. The Morgan fingerprint density at radius 3 is 3.00 bits per heavy atom. The van der Waals surface area contributed by atoms with Crippen molar-refractivity contribution < 1.29 is 9.36 Å². The van der Waals surface area contributed by atoms with E-state index in [1.54, 1.807) is 24.9 Å². The number of H-pyrrole nitrogens is 1. The molecule has 22 heavy (non-hydrogen) atoms. The van der Waals surface area contributed by atoms with Crippen molar-refractivity contribution in [2.75, 3.05) is 5.32 Å². The SMILES string of the molecule is N[C@H](C[n+]1cc[nH]c1)C(=O)Nc1nc(-c2ccncc2)cs1. The second-order valence-electron chi connectivity index (χ2n) is 4.68. The van der Waals surface area contributed by atoms with Crippen LogP contribution in [0.1, 0.15) is 0 Å². The summed E-state index contributed by atoms with van der Waals surface area (Å²) in [6, 6.07) is 3.10. The van der Waals surface area contributed by atoms with Gasteiger partial charge in [-0.15, -0.1) is 11.3 Å². The topological polar surface area (TPSA) is 101 Å². The molecule has 0 unspecified atom stereocenters. The predicted octanol–water partition coefficient (Wildman–Crippen LogP) is 0.787. The summed E-state index contributed by atoms with van der Waals surface area (Å²) in [5.74, 6) is -0.260. The fourth-order valence-electron chi connectivity index (χ4n) is 1.93. The van der Waals surface area contributed by atoms with E-state index in [0.717, 1.165) is 11.3 Å². The fraction of sp³-hybridized carbons (Fsp3) is 0.143. The van der Waals surface area contributed by atoms with E-state index in [1.165, 1.54) is 11.3 Å². The Balaban J connectivity index is 1.63. The van der Waals surface area contributed by atoms with E-state index in [-0.39, 0.29) is 5.91 Å². The third kappa shape index (κ3) is 3.35. The molecule has 3 aromatic rings. The van der Waals surface area contributed by atoms with Crippen molar-refractivity contribution in [2.45, 2.75) is 12.6 Å². The summed E-state index contributed by atoms with van der Waals surface area (Å²) in [7, 11) is 0. The molecule has 0 radical (unpaired) electrons. The Morgan fingerprint density at radius 1 is 1.45 bits per heavy atom. The maximum absolute atomic E-state index is 12.1. The van der Waals surface area contributed by atoms with Crippen LogP contribution in [-0.4, -0.2) is 26.9 Å². The third-order valence-corrected chi connectivity index (χ3v) is 3.82. The average molecular weight is 315 g/mol. The first kappa shape index (κ1) is 14.4. The zero-order valence-corrected chi connectivity index (χ0v) is 12.5. The van der Waals surface area contributed by atoms with Gasteiger partial charge in [0.1, 0.15) is 25.0 Å². The lowest BCUT2D eigenvalue weighted by Crippen LogP contribution is -2.48. The first-order valence-electron chi connectivity index (χ1n) is 6.66. The zero-order chi connectivity index (χ0) is 15.4. The fourth-order valence-corrected chi connectivity index (χ4v) is 2.65. The highest BCUT2D eigenvalue weighted by Gasteiger charge is 2.18. The van der Waals surface area contributed by atoms with Gasteiger partial charge < -0.3 is 11.1 Å². The molecule has 0 aliphatic rings. The number of nitrogens with zero attached hydrogens (tertiary/aromatic N) is 3. The van der Waals surface area contributed by atoms with Gasteiger partial charge in [0, 0.05) is 23.3 Å². The lowest BCUT2D eigenvalue weighted by Gasteiger charge is -2.08. The molecule has 4 N–H and O–H groups in total. The van der Waals surface area contributed by atoms with Crippen LogP contribution >= 0.6 is 11.3 Å². The summed E-state index contributed by atoms with van der Waals surface area (Å²) in [6.45, 7) is 0.401. The minimum atomic E-state index is -0.644. The molecule has 3 aromatic heterocycles. The standard InChI is InChI=1S/C14H14N6OS/c15-11(7-20-6-5-17-9-20)13(21)19-14-18-12(8-22-14)10-1-3-16-4-2-10/h1-6,8-9,11H,7,15H2,(H,18,19,21)/p+1/t11-/m1/s1. The van der Waals surface area contributed by atoms with E-state index in [1.807, 2.05) is 28.3 Å². The molecule has 0 fully saturated rings. The van der Waals surface area contributed by atoms with Gasteiger partial charge in [0.05, 0.1) is 5.69 Å². The number of rotatable bonds is 5. The van der Waals surface area contributed by atoms with Crippen LogP contribution in [0.4, 0.5) is 5.13 Å². The van der Waals surface area contributed by atoms with Gasteiger partial charge in [0.2, 0.25) is 12.2 Å². The van der Waals surface area contributed by atoms with Crippen LogP contribution < -0.4 is 15.6 Å². The van der Waals surface area contributed by atoms with E-state index in [2.05, 4.69) is 20.3 Å². The number of thiazole rings is 1.